The van der Waals surface area contributed by atoms with E-state index in [0.717, 1.165) is 58.3 Å². The molecular formula is C23H23ClN6OS. The van der Waals surface area contributed by atoms with Crippen molar-refractivity contribution in [3.8, 4) is 5.75 Å². The topological polar surface area (TPSA) is 79.0 Å². The molecule has 4 aromatic rings. The van der Waals surface area contributed by atoms with E-state index in [1.165, 1.54) is 11.8 Å². The molecule has 1 aliphatic heterocycles. The number of likely N-dealkylation sites (tertiary alicyclic amines) is 1. The summed E-state index contributed by atoms with van der Waals surface area (Å²) in [4.78, 5) is 19.5. The monoisotopic (exact) mass is 466 g/mol. The SMILES string of the molecule is CN1CCC(Oc2cccc3ncnc(Nc4ccc(Sc5ncc[nH]5)c(Cl)c4)c23)CC1. The predicted molar refractivity (Wildman–Crippen MR) is 128 cm³/mol. The lowest BCUT2D eigenvalue weighted by molar-refractivity contribution is 0.116. The summed E-state index contributed by atoms with van der Waals surface area (Å²) < 4.78 is 6.41. The van der Waals surface area contributed by atoms with Crippen LogP contribution in [0.1, 0.15) is 12.8 Å². The first-order valence-electron chi connectivity index (χ1n) is 10.5. The minimum absolute atomic E-state index is 0.192. The Morgan fingerprint density at radius 1 is 1.16 bits per heavy atom. The summed E-state index contributed by atoms with van der Waals surface area (Å²) in [6, 6.07) is 11.8. The van der Waals surface area contributed by atoms with Crippen molar-refractivity contribution < 1.29 is 4.74 Å². The molecule has 0 spiro atoms. The zero-order valence-electron chi connectivity index (χ0n) is 17.6. The molecule has 1 aliphatic rings. The molecule has 9 heteroatoms. The molecule has 0 radical (unpaired) electrons. The van der Waals surface area contributed by atoms with Gasteiger partial charge in [0.2, 0.25) is 0 Å². The Morgan fingerprint density at radius 2 is 2.03 bits per heavy atom. The molecule has 0 saturated carbocycles. The normalized spacial score (nSPS) is 15.2. The Morgan fingerprint density at radius 3 is 2.81 bits per heavy atom. The highest BCUT2D eigenvalue weighted by molar-refractivity contribution is 7.99. The summed E-state index contributed by atoms with van der Waals surface area (Å²) in [6.07, 6.45) is 7.28. The number of ether oxygens (including phenoxy) is 1. The van der Waals surface area contributed by atoms with E-state index in [2.05, 4.69) is 37.2 Å². The molecule has 0 atom stereocenters. The quantitative estimate of drug-likeness (QED) is 0.395. The number of hydrogen-bond acceptors (Lipinski definition) is 7. The van der Waals surface area contributed by atoms with Crippen molar-refractivity contribution in [1.82, 2.24) is 24.8 Å². The average Bonchev–Trinajstić information content (AvgIpc) is 3.31. The third-order valence-corrected chi connectivity index (χ3v) is 6.88. The maximum absolute atomic E-state index is 6.54. The van der Waals surface area contributed by atoms with E-state index in [1.54, 1.807) is 18.7 Å². The number of hydrogen-bond donors (Lipinski definition) is 2. The van der Waals surface area contributed by atoms with Crippen LogP contribution in [-0.2, 0) is 0 Å². The molecule has 0 amide bonds. The highest BCUT2D eigenvalue weighted by Crippen LogP contribution is 2.36. The van der Waals surface area contributed by atoms with Gasteiger partial charge in [-0.05, 0) is 50.2 Å². The summed E-state index contributed by atoms with van der Waals surface area (Å²) in [5, 5.41) is 5.71. The predicted octanol–water partition coefficient (Wildman–Crippen LogP) is 5.37. The number of aromatic amines is 1. The van der Waals surface area contributed by atoms with Crippen molar-refractivity contribution in [2.45, 2.75) is 29.0 Å². The lowest BCUT2D eigenvalue weighted by Crippen LogP contribution is -2.35. The van der Waals surface area contributed by atoms with E-state index >= 15 is 0 Å². The Bertz CT molecular complexity index is 1210. The molecular weight excluding hydrogens is 444 g/mol. The van der Waals surface area contributed by atoms with Gasteiger partial charge in [0.15, 0.2) is 5.16 Å². The van der Waals surface area contributed by atoms with Gasteiger partial charge in [-0.25, -0.2) is 15.0 Å². The first kappa shape index (κ1) is 21.1. The molecule has 32 heavy (non-hydrogen) atoms. The van der Waals surface area contributed by atoms with Crippen LogP contribution < -0.4 is 10.1 Å². The van der Waals surface area contributed by atoms with Gasteiger partial charge in [0.05, 0.1) is 15.9 Å². The van der Waals surface area contributed by atoms with Crippen molar-refractivity contribution in [1.29, 1.82) is 0 Å². The highest BCUT2D eigenvalue weighted by Gasteiger charge is 2.20. The molecule has 2 aromatic carbocycles. The number of H-pyrrole nitrogens is 1. The van der Waals surface area contributed by atoms with Crippen LogP contribution in [0.4, 0.5) is 11.5 Å². The third-order valence-electron chi connectivity index (χ3n) is 5.46. The Kier molecular flexibility index (Phi) is 6.16. The number of benzene rings is 2. The molecule has 3 heterocycles. The van der Waals surface area contributed by atoms with Crippen molar-refractivity contribution in [3.63, 3.8) is 0 Å². The fourth-order valence-electron chi connectivity index (χ4n) is 3.76. The van der Waals surface area contributed by atoms with Crippen molar-refractivity contribution in [3.05, 3.63) is 60.1 Å². The van der Waals surface area contributed by atoms with Crippen LogP contribution in [0.15, 0.2) is 65.2 Å². The Balaban J connectivity index is 1.41. The second kappa shape index (κ2) is 9.36. The fraction of sp³-hybridized carbons (Fsp3) is 0.261. The number of rotatable bonds is 6. The number of aromatic nitrogens is 4. The van der Waals surface area contributed by atoms with Gasteiger partial charge in [0, 0.05) is 36.1 Å². The molecule has 0 unspecified atom stereocenters. The molecule has 2 N–H and O–H groups in total. The molecule has 7 nitrogen and oxygen atoms in total. The standard InChI is InChI=1S/C23H23ClN6OS/c1-30-11-7-16(8-12-30)31-19-4-2-3-18-21(19)22(28-14-27-18)29-15-5-6-20(17(24)13-15)32-23-25-9-10-26-23/h2-6,9-10,13-14,16H,7-8,11-12H2,1H3,(H,25,26)(H,27,28,29). The van der Waals surface area contributed by atoms with E-state index in [4.69, 9.17) is 16.3 Å². The Hall–Kier alpha value is -2.81. The number of nitrogens with one attached hydrogen (secondary N) is 2. The van der Waals surface area contributed by atoms with Crippen molar-refractivity contribution in [2.24, 2.45) is 0 Å². The number of imidazole rings is 1. The summed E-state index contributed by atoms with van der Waals surface area (Å²) in [5.74, 6) is 1.50. The van der Waals surface area contributed by atoms with Crippen LogP contribution in [0.2, 0.25) is 5.02 Å². The number of halogens is 1. The minimum Gasteiger partial charge on any atom is -0.489 e. The van der Waals surface area contributed by atoms with Gasteiger partial charge in [0.25, 0.3) is 0 Å². The van der Waals surface area contributed by atoms with Crippen LogP contribution in [0, 0.1) is 0 Å². The zero-order valence-corrected chi connectivity index (χ0v) is 19.2. The van der Waals surface area contributed by atoms with Crippen LogP contribution in [0.3, 0.4) is 0 Å². The summed E-state index contributed by atoms with van der Waals surface area (Å²) in [6.45, 7) is 2.08. The van der Waals surface area contributed by atoms with Gasteiger partial charge in [-0.15, -0.1) is 0 Å². The van der Waals surface area contributed by atoms with E-state index in [0.29, 0.717) is 10.8 Å². The molecule has 5 rings (SSSR count). The largest absolute Gasteiger partial charge is 0.489 e. The first-order chi connectivity index (χ1) is 15.7. The minimum atomic E-state index is 0.192. The van der Waals surface area contributed by atoms with E-state index in [-0.39, 0.29) is 6.10 Å². The smallest absolute Gasteiger partial charge is 0.170 e. The van der Waals surface area contributed by atoms with E-state index < -0.39 is 0 Å². The van der Waals surface area contributed by atoms with Gasteiger partial charge >= 0.3 is 0 Å². The lowest BCUT2D eigenvalue weighted by atomic mass is 10.1. The average molecular weight is 467 g/mol. The van der Waals surface area contributed by atoms with Crippen molar-refractivity contribution in [2.75, 3.05) is 25.5 Å². The van der Waals surface area contributed by atoms with E-state index in [1.807, 2.05) is 36.4 Å². The second-order valence-corrected chi connectivity index (χ2v) is 9.20. The van der Waals surface area contributed by atoms with Gasteiger partial charge in [-0.2, -0.15) is 0 Å². The van der Waals surface area contributed by atoms with Crippen molar-refractivity contribution >= 4 is 45.8 Å². The van der Waals surface area contributed by atoms with E-state index in [9.17, 15) is 0 Å². The van der Waals surface area contributed by atoms with Crippen LogP contribution in [0.25, 0.3) is 10.9 Å². The molecule has 0 aliphatic carbocycles. The molecule has 2 aromatic heterocycles. The Labute approximate surface area is 195 Å². The van der Waals surface area contributed by atoms with Crippen LogP contribution >= 0.6 is 23.4 Å². The summed E-state index contributed by atoms with van der Waals surface area (Å²) in [7, 11) is 2.15. The first-order valence-corrected chi connectivity index (χ1v) is 11.7. The maximum atomic E-state index is 6.54. The lowest BCUT2D eigenvalue weighted by Gasteiger charge is -2.29. The molecule has 1 fully saturated rings. The van der Waals surface area contributed by atoms with Gasteiger partial charge < -0.3 is 19.9 Å². The third kappa shape index (κ3) is 4.67. The van der Waals surface area contributed by atoms with Crippen LogP contribution in [0.5, 0.6) is 5.75 Å². The zero-order chi connectivity index (χ0) is 21.9. The molecule has 164 valence electrons. The second-order valence-electron chi connectivity index (χ2n) is 7.76. The van der Waals surface area contributed by atoms with Gasteiger partial charge in [-0.3, -0.25) is 0 Å². The highest BCUT2D eigenvalue weighted by atomic mass is 35.5. The number of fused-ring (bicyclic) bond motifs is 1. The van der Waals surface area contributed by atoms with Gasteiger partial charge in [0.1, 0.15) is 24.0 Å². The fourth-order valence-corrected chi connectivity index (χ4v) is 4.80. The molecule has 0 bridgehead atoms. The summed E-state index contributed by atoms with van der Waals surface area (Å²) >= 11 is 8.02. The summed E-state index contributed by atoms with van der Waals surface area (Å²) in [5.41, 5.74) is 1.68. The van der Waals surface area contributed by atoms with Crippen LogP contribution in [-0.4, -0.2) is 51.1 Å². The number of piperidine rings is 1. The molecule has 1 saturated heterocycles. The number of nitrogens with zero attached hydrogens (tertiary/aromatic N) is 4. The maximum Gasteiger partial charge on any atom is 0.170 e. The van der Waals surface area contributed by atoms with Gasteiger partial charge in [-0.1, -0.05) is 29.4 Å². The number of anilines is 2.